The molecule has 0 bridgehead atoms. The van der Waals surface area contributed by atoms with Gasteiger partial charge in [0.15, 0.2) is 0 Å². The fourth-order valence-electron chi connectivity index (χ4n) is 1.99. The Hall–Kier alpha value is -1.43. The zero-order valence-electron chi connectivity index (χ0n) is 13.6. The molecule has 1 heterocycles. The van der Waals surface area contributed by atoms with Gasteiger partial charge in [-0.1, -0.05) is 34.6 Å². The summed E-state index contributed by atoms with van der Waals surface area (Å²) in [4.78, 5) is 18.4. The third-order valence-electron chi connectivity index (χ3n) is 3.30. The van der Waals surface area contributed by atoms with Crippen molar-refractivity contribution in [2.75, 3.05) is 20.6 Å². The van der Waals surface area contributed by atoms with E-state index in [9.17, 15) is 4.79 Å². The fraction of sp³-hybridized carbons (Fsp3) is 0.786. The Balaban J connectivity index is 2.65. The standard InChI is InChI=1S/C14H27N5O/c1-9(2)10(19(6)7)8-15-12(20)11-16-13(18-17-11)14(3,4)5/h9-10H,8H2,1-7H3,(H,15,20)(H,16,17,18). The lowest BCUT2D eigenvalue weighted by molar-refractivity contribution is 0.0924. The molecule has 1 amide bonds. The lowest BCUT2D eigenvalue weighted by Gasteiger charge is -2.27. The first-order valence-electron chi connectivity index (χ1n) is 7.00. The second-order valence-corrected chi connectivity index (χ2v) is 6.74. The molecule has 1 aromatic rings. The molecular weight excluding hydrogens is 254 g/mol. The summed E-state index contributed by atoms with van der Waals surface area (Å²) in [5.41, 5.74) is -0.143. The van der Waals surface area contributed by atoms with E-state index >= 15 is 0 Å². The van der Waals surface area contributed by atoms with Crippen LogP contribution in [0.25, 0.3) is 0 Å². The maximum atomic E-state index is 12.1. The molecule has 0 saturated carbocycles. The minimum Gasteiger partial charge on any atom is -0.348 e. The Morgan fingerprint density at radius 1 is 1.35 bits per heavy atom. The van der Waals surface area contributed by atoms with Gasteiger partial charge >= 0.3 is 0 Å². The molecule has 1 atom stereocenters. The molecule has 6 heteroatoms. The minimum absolute atomic E-state index is 0.143. The van der Waals surface area contributed by atoms with E-state index in [0.717, 1.165) is 5.82 Å². The lowest BCUT2D eigenvalue weighted by atomic mass is 9.96. The summed E-state index contributed by atoms with van der Waals surface area (Å²) in [6.45, 7) is 10.9. The second-order valence-electron chi connectivity index (χ2n) is 6.74. The fourth-order valence-corrected chi connectivity index (χ4v) is 1.99. The van der Waals surface area contributed by atoms with Crippen molar-refractivity contribution < 1.29 is 4.79 Å². The highest BCUT2D eigenvalue weighted by Crippen LogP contribution is 2.17. The molecule has 0 saturated heterocycles. The zero-order valence-corrected chi connectivity index (χ0v) is 13.6. The van der Waals surface area contributed by atoms with Gasteiger partial charge in [0.2, 0.25) is 5.82 Å². The summed E-state index contributed by atoms with van der Waals surface area (Å²) >= 11 is 0. The van der Waals surface area contributed by atoms with Gasteiger partial charge in [0.05, 0.1) is 0 Å². The van der Waals surface area contributed by atoms with Crippen LogP contribution in [0.3, 0.4) is 0 Å². The molecule has 20 heavy (non-hydrogen) atoms. The Labute approximate surface area is 121 Å². The van der Waals surface area contributed by atoms with Crippen LogP contribution >= 0.6 is 0 Å². The van der Waals surface area contributed by atoms with Crippen LogP contribution in [0, 0.1) is 5.92 Å². The Morgan fingerprint density at radius 3 is 2.35 bits per heavy atom. The van der Waals surface area contributed by atoms with E-state index in [2.05, 4.69) is 39.2 Å². The van der Waals surface area contributed by atoms with E-state index in [4.69, 9.17) is 0 Å². The molecule has 114 valence electrons. The first-order chi connectivity index (χ1) is 9.12. The Bertz CT molecular complexity index is 437. The molecular formula is C14H27N5O. The molecule has 0 aliphatic heterocycles. The number of aromatic amines is 1. The van der Waals surface area contributed by atoms with Crippen molar-refractivity contribution in [1.82, 2.24) is 25.4 Å². The number of H-pyrrole nitrogens is 1. The highest BCUT2D eigenvalue weighted by molar-refractivity contribution is 5.90. The first kappa shape index (κ1) is 16.6. The molecule has 0 aliphatic rings. The maximum Gasteiger partial charge on any atom is 0.291 e. The van der Waals surface area contributed by atoms with Crippen LogP contribution in [0.5, 0.6) is 0 Å². The van der Waals surface area contributed by atoms with Crippen LogP contribution in [0.4, 0.5) is 0 Å². The third kappa shape index (κ3) is 4.30. The van der Waals surface area contributed by atoms with Gasteiger partial charge in [-0.3, -0.25) is 9.89 Å². The van der Waals surface area contributed by atoms with Gasteiger partial charge in [0.25, 0.3) is 5.91 Å². The number of hydrogen-bond donors (Lipinski definition) is 2. The quantitative estimate of drug-likeness (QED) is 0.856. The molecule has 0 fully saturated rings. The molecule has 0 spiro atoms. The molecule has 0 aliphatic carbocycles. The average Bonchev–Trinajstić information content (AvgIpc) is 2.76. The van der Waals surface area contributed by atoms with Crippen molar-refractivity contribution in [3.8, 4) is 0 Å². The second kappa shape index (κ2) is 6.35. The number of amides is 1. The van der Waals surface area contributed by atoms with Gasteiger partial charge in [-0.05, 0) is 20.0 Å². The van der Waals surface area contributed by atoms with E-state index < -0.39 is 0 Å². The molecule has 1 rings (SSSR count). The van der Waals surface area contributed by atoms with Gasteiger partial charge in [0.1, 0.15) is 5.82 Å². The topological polar surface area (TPSA) is 73.9 Å². The third-order valence-corrected chi connectivity index (χ3v) is 3.30. The van der Waals surface area contributed by atoms with Crippen LogP contribution in [-0.4, -0.2) is 52.7 Å². The van der Waals surface area contributed by atoms with Crippen molar-refractivity contribution in [3.05, 3.63) is 11.6 Å². The predicted octanol–water partition coefficient (Wildman–Crippen LogP) is 1.42. The van der Waals surface area contributed by atoms with Gasteiger partial charge in [-0.25, -0.2) is 4.98 Å². The largest absolute Gasteiger partial charge is 0.348 e. The number of aromatic nitrogens is 3. The Kier molecular flexibility index (Phi) is 5.28. The number of carbonyl (C=O) groups excluding carboxylic acids is 1. The average molecular weight is 281 g/mol. The molecule has 1 aromatic heterocycles. The zero-order chi connectivity index (χ0) is 15.5. The highest BCUT2D eigenvalue weighted by Gasteiger charge is 2.22. The van der Waals surface area contributed by atoms with E-state index in [0.29, 0.717) is 18.5 Å². The number of rotatable bonds is 5. The van der Waals surface area contributed by atoms with Crippen LogP contribution in [0.1, 0.15) is 51.1 Å². The van der Waals surface area contributed by atoms with Crippen molar-refractivity contribution in [3.63, 3.8) is 0 Å². The van der Waals surface area contributed by atoms with E-state index in [1.165, 1.54) is 0 Å². The molecule has 0 radical (unpaired) electrons. The van der Waals surface area contributed by atoms with E-state index in [1.807, 2.05) is 34.9 Å². The monoisotopic (exact) mass is 281 g/mol. The van der Waals surface area contributed by atoms with Gasteiger partial charge in [-0.2, -0.15) is 0 Å². The SMILES string of the molecule is CC(C)C(CNC(=O)c1n[nH]c(C(C)(C)C)n1)N(C)C. The van der Waals surface area contributed by atoms with Crippen LogP contribution < -0.4 is 5.32 Å². The summed E-state index contributed by atoms with van der Waals surface area (Å²) in [7, 11) is 4.03. The summed E-state index contributed by atoms with van der Waals surface area (Å²) in [5.74, 6) is 1.15. The summed E-state index contributed by atoms with van der Waals surface area (Å²) in [6.07, 6.45) is 0. The number of nitrogens with zero attached hydrogens (tertiary/aromatic N) is 3. The van der Waals surface area contributed by atoms with Gasteiger partial charge < -0.3 is 10.2 Å². The Morgan fingerprint density at radius 2 is 1.95 bits per heavy atom. The minimum atomic E-state index is -0.232. The molecule has 2 N–H and O–H groups in total. The number of hydrogen-bond acceptors (Lipinski definition) is 4. The molecule has 0 aromatic carbocycles. The van der Waals surface area contributed by atoms with Crippen LogP contribution in [-0.2, 0) is 5.41 Å². The predicted molar refractivity (Wildman–Crippen MR) is 79.7 cm³/mol. The first-order valence-corrected chi connectivity index (χ1v) is 7.00. The maximum absolute atomic E-state index is 12.1. The lowest BCUT2D eigenvalue weighted by Crippen LogP contribution is -2.43. The smallest absolute Gasteiger partial charge is 0.291 e. The molecule has 6 nitrogen and oxygen atoms in total. The number of nitrogens with one attached hydrogen (secondary N) is 2. The van der Waals surface area contributed by atoms with Crippen molar-refractivity contribution in [1.29, 1.82) is 0 Å². The van der Waals surface area contributed by atoms with Crippen molar-refractivity contribution in [2.24, 2.45) is 5.92 Å². The van der Waals surface area contributed by atoms with Gasteiger partial charge in [0, 0.05) is 18.0 Å². The molecule has 1 unspecified atom stereocenters. The van der Waals surface area contributed by atoms with E-state index in [1.54, 1.807) is 0 Å². The van der Waals surface area contributed by atoms with Crippen molar-refractivity contribution >= 4 is 5.91 Å². The summed E-state index contributed by atoms with van der Waals surface area (Å²) in [6, 6.07) is 0.292. The summed E-state index contributed by atoms with van der Waals surface area (Å²) in [5, 5.41) is 9.72. The normalized spacial score (nSPS) is 13.8. The van der Waals surface area contributed by atoms with Crippen LogP contribution in [0.2, 0.25) is 0 Å². The number of likely N-dealkylation sites (N-methyl/N-ethyl adjacent to an activating group) is 1. The van der Waals surface area contributed by atoms with E-state index in [-0.39, 0.29) is 17.1 Å². The van der Waals surface area contributed by atoms with Crippen LogP contribution in [0.15, 0.2) is 0 Å². The highest BCUT2D eigenvalue weighted by atomic mass is 16.2. The summed E-state index contributed by atoms with van der Waals surface area (Å²) < 4.78 is 0. The van der Waals surface area contributed by atoms with Gasteiger partial charge in [-0.15, -0.1) is 5.10 Å². The van der Waals surface area contributed by atoms with Crippen molar-refractivity contribution in [2.45, 2.75) is 46.1 Å². The number of carbonyl (C=O) groups is 1.